The van der Waals surface area contributed by atoms with Gasteiger partial charge in [0.05, 0.1) is 11.5 Å². The van der Waals surface area contributed by atoms with E-state index < -0.39 is 23.9 Å². The minimum absolute atomic E-state index is 0.0858. The van der Waals surface area contributed by atoms with E-state index in [2.05, 4.69) is 5.32 Å². The van der Waals surface area contributed by atoms with E-state index in [1.54, 1.807) is 11.4 Å². The number of nitrogens with one attached hydrogen (secondary N) is 1. The van der Waals surface area contributed by atoms with Crippen molar-refractivity contribution in [3.8, 4) is 6.07 Å². The molecule has 136 valence electrons. The first-order valence-corrected chi connectivity index (χ1v) is 9.39. The normalized spacial score (nSPS) is 13.9. The van der Waals surface area contributed by atoms with Gasteiger partial charge in [-0.3, -0.25) is 9.59 Å². The summed E-state index contributed by atoms with van der Waals surface area (Å²) in [4.78, 5) is 25.1. The molecule has 0 bridgehead atoms. The molecule has 1 amide bonds. The molecule has 0 fully saturated rings. The monoisotopic (exact) mass is 370 g/mol. The lowest BCUT2D eigenvalue weighted by Crippen LogP contribution is -2.33. The van der Waals surface area contributed by atoms with E-state index in [4.69, 9.17) is 10.00 Å². The molecule has 0 unspecified atom stereocenters. The second kappa shape index (κ2) is 9.16. The fourth-order valence-electron chi connectivity index (χ4n) is 2.60. The number of ether oxygens (including phenoxy) is 1. The molecule has 0 saturated heterocycles. The molecule has 1 aromatic heterocycles. The van der Waals surface area contributed by atoms with Gasteiger partial charge >= 0.3 is 5.97 Å². The second-order valence-corrected chi connectivity index (χ2v) is 7.03. The largest absolute Gasteiger partial charge is 0.452 e. The topological polar surface area (TPSA) is 79.2 Å². The van der Waals surface area contributed by atoms with Gasteiger partial charge < -0.3 is 10.1 Å². The van der Waals surface area contributed by atoms with Gasteiger partial charge in [0, 0.05) is 0 Å². The zero-order chi connectivity index (χ0) is 19.1. The zero-order valence-corrected chi connectivity index (χ0v) is 15.9. The van der Waals surface area contributed by atoms with Crippen LogP contribution in [0, 0.1) is 17.2 Å². The molecular weight excluding hydrogens is 348 g/mol. The average Bonchev–Trinajstić information content (AvgIpc) is 3.09. The van der Waals surface area contributed by atoms with Crippen LogP contribution in [0.5, 0.6) is 0 Å². The summed E-state index contributed by atoms with van der Waals surface area (Å²) in [5.74, 6) is -1.20. The Hall–Kier alpha value is -2.65. The lowest BCUT2D eigenvalue weighted by atomic mass is 9.85. The van der Waals surface area contributed by atoms with E-state index in [1.807, 2.05) is 50.2 Å². The highest BCUT2D eigenvalue weighted by molar-refractivity contribution is 7.14. The highest BCUT2D eigenvalue weighted by Gasteiger charge is 2.30. The second-order valence-electron chi connectivity index (χ2n) is 6.12. The number of carbonyl (C=O) groups excluding carboxylic acids is 2. The van der Waals surface area contributed by atoms with E-state index in [-0.39, 0.29) is 5.92 Å². The summed E-state index contributed by atoms with van der Waals surface area (Å²) in [6.07, 6.45) is -0.137. The molecule has 0 aliphatic heterocycles. The molecule has 2 rings (SSSR count). The van der Waals surface area contributed by atoms with Crippen LogP contribution >= 0.6 is 11.3 Å². The minimum Gasteiger partial charge on any atom is -0.452 e. The minimum atomic E-state index is -0.952. The molecule has 2 aromatic rings. The Morgan fingerprint density at radius 3 is 2.54 bits per heavy atom. The Morgan fingerprint density at radius 2 is 1.92 bits per heavy atom. The number of rotatable bonds is 7. The van der Waals surface area contributed by atoms with E-state index in [1.165, 1.54) is 18.3 Å². The highest BCUT2D eigenvalue weighted by Crippen LogP contribution is 2.29. The van der Waals surface area contributed by atoms with Crippen molar-refractivity contribution < 1.29 is 14.3 Å². The maximum absolute atomic E-state index is 12.7. The fraction of sp³-hybridized carbons (Fsp3) is 0.350. The van der Waals surface area contributed by atoms with Crippen LogP contribution in [0.25, 0.3) is 0 Å². The van der Waals surface area contributed by atoms with Crippen LogP contribution in [0.2, 0.25) is 0 Å². The number of amides is 1. The number of hydrogen-bond donors (Lipinski definition) is 1. The van der Waals surface area contributed by atoms with Crippen molar-refractivity contribution in [2.45, 2.75) is 39.2 Å². The van der Waals surface area contributed by atoms with Crippen molar-refractivity contribution >= 4 is 28.2 Å². The van der Waals surface area contributed by atoms with Gasteiger partial charge in [0.15, 0.2) is 6.10 Å². The van der Waals surface area contributed by atoms with Gasteiger partial charge in [-0.05, 0) is 29.9 Å². The van der Waals surface area contributed by atoms with Gasteiger partial charge in [-0.25, -0.2) is 0 Å². The fourth-order valence-corrected chi connectivity index (χ4v) is 3.34. The Labute approximate surface area is 157 Å². The van der Waals surface area contributed by atoms with Crippen LogP contribution in [-0.2, 0) is 14.3 Å². The molecule has 1 aromatic carbocycles. The Bertz CT molecular complexity index is 795. The van der Waals surface area contributed by atoms with Crippen molar-refractivity contribution in [3.05, 3.63) is 52.9 Å². The standard InChI is InChI=1S/C20H22N2O3S/c1-4-13(2)17(15-8-6-5-7-9-15)20(24)25-14(3)18(23)22-19-16(12-21)10-11-26-19/h5-11,13-14,17H,4H2,1-3H3,(H,22,23)/t13-,14-,17-/m0/s1. The van der Waals surface area contributed by atoms with Gasteiger partial charge in [0.1, 0.15) is 11.1 Å². The number of hydrogen-bond acceptors (Lipinski definition) is 5. The number of benzene rings is 1. The first-order valence-electron chi connectivity index (χ1n) is 8.51. The van der Waals surface area contributed by atoms with E-state index in [9.17, 15) is 9.59 Å². The maximum Gasteiger partial charge on any atom is 0.314 e. The molecule has 1 heterocycles. The van der Waals surface area contributed by atoms with Gasteiger partial charge in [0.2, 0.25) is 0 Å². The molecule has 3 atom stereocenters. The summed E-state index contributed by atoms with van der Waals surface area (Å²) in [6, 6.07) is 13.1. The molecule has 0 aliphatic carbocycles. The van der Waals surface area contributed by atoms with Crippen molar-refractivity contribution in [2.24, 2.45) is 5.92 Å². The summed E-state index contributed by atoms with van der Waals surface area (Å²) in [5, 5.41) is 13.8. The number of anilines is 1. The number of nitriles is 1. The summed E-state index contributed by atoms with van der Waals surface area (Å²) in [7, 11) is 0. The number of thiophene rings is 1. The summed E-state index contributed by atoms with van der Waals surface area (Å²) in [6.45, 7) is 5.55. The quantitative estimate of drug-likeness (QED) is 0.736. The van der Waals surface area contributed by atoms with Crippen molar-refractivity contribution in [1.29, 1.82) is 5.26 Å². The van der Waals surface area contributed by atoms with Gasteiger partial charge in [0.25, 0.3) is 5.91 Å². The van der Waals surface area contributed by atoms with E-state index >= 15 is 0 Å². The highest BCUT2D eigenvalue weighted by atomic mass is 32.1. The Kier molecular flexibility index (Phi) is 6.93. The molecule has 0 radical (unpaired) electrons. The van der Waals surface area contributed by atoms with Crippen LogP contribution in [-0.4, -0.2) is 18.0 Å². The molecule has 0 spiro atoms. The summed E-state index contributed by atoms with van der Waals surface area (Å²) >= 11 is 1.26. The van der Waals surface area contributed by atoms with E-state index in [0.29, 0.717) is 10.6 Å². The first-order chi connectivity index (χ1) is 12.5. The van der Waals surface area contributed by atoms with Crippen molar-refractivity contribution in [1.82, 2.24) is 0 Å². The number of esters is 1. The van der Waals surface area contributed by atoms with Crippen LogP contribution in [0.4, 0.5) is 5.00 Å². The smallest absolute Gasteiger partial charge is 0.314 e. The van der Waals surface area contributed by atoms with Gasteiger partial charge in [-0.15, -0.1) is 11.3 Å². The Morgan fingerprint density at radius 1 is 1.23 bits per heavy atom. The van der Waals surface area contributed by atoms with Crippen molar-refractivity contribution in [3.63, 3.8) is 0 Å². The average molecular weight is 370 g/mol. The third-order valence-electron chi connectivity index (χ3n) is 4.31. The Balaban J connectivity index is 2.08. The SMILES string of the molecule is CC[C@H](C)[C@H](C(=O)O[C@@H](C)C(=O)Nc1sccc1C#N)c1ccccc1. The lowest BCUT2D eigenvalue weighted by Gasteiger charge is -2.23. The molecule has 26 heavy (non-hydrogen) atoms. The van der Waals surface area contributed by atoms with Crippen LogP contribution in [0.15, 0.2) is 41.8 Å². The van der Waals surface area contributed by atoms with Gasteiger partial charge in [-0.1, -0.05) is 50.6 Å². The molecule has 6 heteroatoms. The molecule has 0 aliphatic rings. The zero-order valence-electron chi connectivity index (χ0n) is 15.1. The lowest BCUT2D eigenvalue weighted by molar-refractivity contribution is -0.155. The predicted octanol–water partition coefficient (Wildman–Crippen LogP) is 4.32. The third kappa shape index (κ3) is 4.70. The summed E-state index contributed by atoms with van der Waals surface area (Å²) in [5.41, 5.74) is 1.27. The number of carbonyl (C=O) groups is 2. The van der Waals surface area contributed by atoms with Crippen LogP contribution < -0.4 is 5.32 Å². The predicted molar refractivity (Wildman–Crippen MR) is 102 cm³/mol. The van der Waals surface area contributed by atoms with Crippen LogP contribution in [0.1, 0.15) is 44.2 Å². The third-order valence-corrected chi connectivity index (χ3v) is 5.14. The van der Waals surface area contributed by atoms with Crippen molar-refractivity contribution in [2.75, 3.05) is 5.32 Å². The summed E-state index contributed by atoms with van der Waals surface area (Å²) < 4.78 is 5.44. The molecular formula is C20H22N2O3S. The number of nitrogens with zero attached hydrogens (tertiary/aromatic N) is 1. The molecule has 5 nitrogen and oxygen atoms in total. The van der Waals surface area contributed by atoms with Gasteiger partial charge in [-0.2, -0.15) is 5.26 Å². The molecule has 0 saturated carbocycles. The molecule has 1 N–H and O–H groups in total. The van der Waals surface area contributed by atoms with E-state index in [0.717, 1.165) is 12.0 Å². The van der Waals surface area contributed by atoms with Crippen LogP contribution in [0.3, 0.4) is 0 Å². The maximum atomic E-state index is 12.7. The first kappa shape index (κ1) is 19.7.